The lowest BCUT2D eigenvalue weighted by atomic mass is 9.55. The van der Waals surface area contributed by atoms with Gasteiger partial charge in [-0.05, 0) is 13.0 Å². The van der Waals surface area contributed by atoms with Crippen molar-refractivity contribution in [3.63, 3.8) is 0 Å². The summed E-state index contributed by atoms with van der Waals surface area (Å²) in [6, 6.07) is 5.56. The highest BCUT2D eigenvalue weighted by atomic mass is 16.5. The van der Waals surface area contributed by atoms with E-state index in [1.54, 1.807) is 24.3 Å². The molecule has 9 heteroatoms. The van der Waals surface area contributed by atoms with E-state index in [0.717, 1.165) is 7.11 Å². The second kappa shape index (κ2) is 7.04. The van der Waals surface area contributed by atoms with Gasteiger partial charge in [-0.1, -0.05) is 12.2 Å². The minimum absolute atomic E-state index is 0.116. The number of rotatable bonds is 3. The van der Waals surface area contributed by atoms with Gasteiger partial charge in [0.15, 0.2) is 0 Å². The minimum atomic E-state index is -2.58. The largest absolute Gasteiger partial charge is 0.464 e. The van der Waals surface area contributed by atoms with Crippen LogP contribution in [0.3, 0.4) is 0 Å². The zero-order valence-electron chi connectivity index (χ0n) is 14.5. The number of hydrogen-bond donors (Lipinski definition) is 0. The molecule has 0 radical (unpaired) electrons. The minimum Gasteiger partial charge on any atom is -0.464 e. The van der Waals surface area contributed by atoms with Crippen LogP contribution in [0.15, 0.2) is 35.7 Å². The van der Waals surface area contributed by atoms with E-state index >= 15 is 0 Å². The van der Waals surface area contributed by atoms with E-state index in [9.17, 15) is 30.6 Å². The number of hydrogen-bond acceptors (Lipinski definition) is 9. The molecule has 1 atom stereocenters. The van der Waals surface area contributed by atoms with Crippen LogP contribution in [0, 0.1) is 56.2 Å². The Morgan fingerprint density at radius 2 is 1.74 bits per heavy atom. The van der Waals surface area contributed by atoms with Gasteiger partial charge in [-0.15, -0.1) is 0 Å². The standard InChI is InChI=1S/C18H13N5O4/c1-3-27-15(24)13-14(16(25)26-2)23-7-5-4-6-12(23)17(8-19,9-20)18(13,10-21)11-22/h4-7,12H,3H2,1-2H3. The average Bonchev–Trinajstić information content (AvgIpc) is 2.71. The van der Waals surface area contributed by atoms with Gasteiger partial charge in [0, 0.05) is 6.20 Å². The summed E-state index contributed by atoms with van der Waals surface area (Å²) in [6.45, 7) is 1.38. The normalized spacial score (nSPS) is 21.0. The molecule has 0 aromatic heterocycles. The molecule has 134 valence electrons. The molecule has 2 aliphatic rings. The fourth-order valence-corrected chi connectivity index (χ4v) is 3.18. The number of allylic oxidation sites excluding steroid dienone is 2. The third-order valence-corrected chi connectivity index (χ3v) is 4.40. The molecule has 2 aliphatic heterocycles. The van der Waals surface area contributed by atoms with E-state index in [1.807, 2.05) is 0 Å². The Morgan fingerprint density at radius 3 is 2.22 bits per heavy atom. The van der Waals surface area contributed by atoms with Crippen molar-refractivity contribution in [2.45, 2.75) is 13.0 Å². The molecule has 0 fully saturated rings. The van der Waals surface area contributed by atoms with Gasteiger partial charge in [-0.25, -0.2) is 9.59 Å². The van der Waals surface area contributed by atoms with Crippen molar-refractivity contribution < 1.29 is 19.1 Å². The first kappa shape index (κ1) is 19.2. The van der Waals surface area contributed by atoms with Crippen LogP contribution in [0.25, 0.3) is 0 Å². The number of ether oxygens (including phenoxy) is 2. The molecule has 0 N–H and O–H groups in total. The van der Waals surface area contributed by atoms with Crippen LogP contribution in [0.5, 0.6) is 0 Å². The summed E-state index contributed by atoms with van der Waals surface area (Å²) in [5, 5.41) is 39.4. The Balaban J connectivity index is 3.08. The monoisotopic (exact) mass is 363 g/mol. The molecule has 2 heterocycles. The lowest BCUT2D eigenvalue weighted by Crippen LogP contribution is -2.60. The Hall–Kier alpha value is -4.08. The number of carbonyl (C=O) groups is 2. The molecule has 0 saturated carbocycles. The highest BCUT2D eigenvalue weighted by molar-refractivity contribution is 6.03. The van der Waals surface area contributed by atoms with Crippen molar-refractivity contribution in [3.05, 3.63) is 35.7 Å². The summed E-state index contributed by atoms with van der Waals surface area (Å²) in [5.74, 6) is -2.17. The predicted molar refractivity (Wildman–Crippen MR) is 86.9 cm³/mol. The van der Waals surface area contributed by atoms with Gasteiger partial charge in [0.25, 0.3) is 0 Å². The Morgan fingerprint density at radius 1 is 1.11 bits per heavy atom. The Labute approximate surface area is 155 Å². The van der Waals surface area contributed by atoms with Crippen LogP contribution in [0.2, 0.25) is 0 Å². The summed E-state index contributed by atoms with van der Waals surface area (Å²) in [7, 11) is 1.06. The van der Waals surface area contributed by atoms with Gasteiger partial charge < -0.3 is 14.4 Å². The molecule has 0 bridgehead atoms. The van der Waals surface area contributed by atoms with E-state index in [-0.39, 0.29) is 6.61 Å². The lowest BCUT2D eigenvalue weighted by Gasteiger charge is -2.47. The van der Waals surface area contributed by atoms with Crippen molar-refractivity contribution in [1.82, 2.24) is 4.90 Å². The van der Waals surface area contributed by atoms with Crippen LogP contribution in [0.4, 0.5) is 0 Å². The fraction of sp³-hybridized carbons (Fsp3) is 0.333. The molecule has 0 spiro atoms. The predicted octanol–water partition coefficient (Wildman–Crippen LogP) is 0.811. The Kier molecular flexibility index (Phi) is 5.02. The van der Waals surface area contributed by atoms with E-state index in [0.29, 0.717) is 0 Å². The van der Waals surface area contributed by atoms with Gasteiger partial charge in [0.1, 0.15) is 11.3 Å². The smallest absolute Gasteiger partial charge is 0.355 e. The molecule has 27 heavy (non-hydrogen) atoms. The maximum atomic E-state index is 12.7. The quantitative estimate of drug-likeness (QED) is 0.663. The van der Waals surface area contributed by atoms with Crippen molar-refractivity contribution in [3.8, 4) is 24.3 Å². The van der Waals surface area contributed by atoms with E-state index in [4.69, 9.17) is 9.47 Å². The molecule has 0 saturated heterocycles. The third-order valence-electron chi connectivity index (χ3n) is 4.40. The van der Waals surface area contributed by atoms with Crippen LogP contribution in [-0.4, -0.2) is 36.6 Å². The molecule has 0 aliphatic carbocycles. The Bertz CT molecular complexity index is 920. The number of carbonyl (C=O) groups excluding carboxylic acids is 2. The van der Waals surface area contributed by atoms with E-state index in [1.165, 1.54) is 36.3 Å². The molecule has 0 amide bonds. The van der Waals surface area contributed by atoms with Gasteiger partial charge in [-0.2, -0.15) is 21.0 Å². The topological polar surface area (TPSA) is 151 Å². The van der Waals surface area contributed by atoms with Crippen LogP contribution in [0.1, 0.15) is 6.92 Å². The number of nitrogens with zero attached hydrogens (tertiary/aromatic N) is 5. The molecular formula is C18H13N5O4. The molecule has 0 aromatic carbocycles. The average molecular weight is 363 g/mol. The van der Waals surface area contributed by atoms with Gasteiger partial charge in [-0.3, -0.25) is 0 Å². The number of methoxy groups -OCH3 is 1. The maximum Gasteiger partial charge on any atom is 0.355 e. The van der Waals surface area contributed by atoms with Crippen molar-refractivity contribution in [2.24, 2.45) is 10.8 Å². The summed E-state index contributed by atoms with van der Waals surface area (Å²) in [4.78, 5) is 26.3. The van der Waals surface area contributed by atoms with Crippen molar-refractivity contribution in [1.29, 1.82) is 21.0 Å². The van der Waals surface area contributed by atoms with E-state index < -0.39 is 40.1 Å². The zero-order valence-corrected chi connectivity index (χ0v) is 14.5. The maximum absolute atomic E-state index is 12.7. The van der Waals surface area contributed by atoms with Gasteiger partial charge in [0.05, 0.1) is 44.0 Å². The number of fused-ring (bicyclic) bond motifs is 1. The molecule has 2 rings (SSSR count). The molecular weight excluding hydrogens is 350 g/mol. The van der Waals surface area contributed by atoms with Crippen LogP contribution < -0.4 is 0 Å². The van der Waals surface area contributed by atoms with Crippen molar-refractivity contribution >= 4 is 11.9 Å². The molecule has 9 nitrogen and oxygen atoms in total. The first-order chi connectivity index (χ1) is 12.9. The van der Waals surface area contributed by atoms with Crippen LogP contribution in [-0.2, 0) is 19.1 Å². The van der Waals surface area contributed by atoms with Crippen LogP contribution >= 0.6 is 0 Å². The summed E-state index contributed by atoms with van der Waals surface area (Å²) < 4.78 is 9.66. The van der Waals surface area contributed by atoms with Crippen molar-refractivity contribution in [2.75, 3.05) is 13.7 Å². The van der Waals surface area contributed by atoms with Gasteiger partial charge in [0.2, 0.25) is 10.8 Å². The summed E-state index contributed by atoms with van der Waals surface area (Å²) in [5.41, 5.74) is -6.01. The number of nitriles is 4. The lowest BCUT2D eigenvalue weighted by molar-refractivity contribution is -0.144. The zero-order chi connectivity index (χ0) is 20.2. The first-order valence-electron chi connectivity index (χ1n) is 7.73. The summed E-state index contributed by atoms with van der Waals surface area (Å²) >= 11 is 0. The fourth-order valence-electron chi connectivity index (χ4n) is 3.18. The third kappa shape index (κ3) is 2.34. The van der Waals surface area contributed by atoms with Gasteiger partial charge >= 0.3 is 11.9 Å². The molecule has 0 aromatic rings. The first-order valence-corrected chi connectivity index (χ1v) is 7.73. The summed E-state index contributed by atoms with van der Waals surface area (Å²) in [6.07, 6.45) is 5.78. The number of esters is 2. The second-order valence-electron chi connectivity index (χ2n) is 5.52. The van der Waals surface area contributed by atoms with E-state index in [2.05, 4.69) is 0 Å². The highest BCUT2D eigenvalue weighted by Gasteiger charge is 2.69. The molecule has 1 unspecified atom stereocenters. The highest BCUT2D eigenvalue weighted by Crippen LogP contribution is 2.54. The SMILES string of the molecule is CCOC(=O)C1=C(C(=O)OC)N2C=CC=CC2C(C#N)(C#N)C1(C#N)C#N. The second-order valence-corrected chi connectivity index (χ2v) is 5.52.